The summed E-state index contributed by atoms with van der Waals surface area (Å²) < 4.78 is 47.1. The molecule has 0 saturated carbocycles. The van der Waals surface area contributed by atoms with Crippen molar-refractivity contribution in [2.75, 3.05) is 6.54 Å². The SMILES string of the molecule is O=C(NCC1O[C@H]2CC/C=C/CC[C@H]2O1)C(F)(F)F. The zero-order valence-corrected chi connectivity index (χ0v) is 10.3. The van der Waals surface area contributed by atoms with Gasteiger partial charge in [0.2, 0.25) is 0 Å². The first-order chi connectivity index (χ1) is 8.97. The summed E-state index contributed by atoms with van der Waals surface area (Å²) in [5.41, 5.74) is 0. The standard InChI is InChI=1S/C12H16F3NO3/c13-12(14,15)11(17)16-7-10-18-8-5-3-1-2-4-6-9(8)19-10/h1-2,8-10H,3-7H2,(H,16,17)/b2-1+/t8-,9+,10?. The van der Waals surface area contributed by atoms with Crippen LogP contribution in [0, 0.1) is 0 Å². The fourth-order valence-electron chi connectivity index (χ4n) is 2.23. The van der Waals surface area contributed by atoms with Crippen molar-refractivity contribution in [3.63, 3.8) is 0 Å². The molecule has 0 aromatic heterocycles. The van der Waals surface area contributed by atoms with Gasteiger partial charge in [-0.05, 0) is 25.7 Å². The second-order valence-electron chi connectivity index (χ2n) is 4.61. The number of hydrogen-bond acceptors (Lipinski definition) is 3. The van der Waals surface area contributed by atoms with Crippen molar-refractivity contribution in [3.8, 4) is 0 Å². The highest BCUT2D eigenvalue weighted by molar-refractivity contribution is 5.81. The molecular formula is C12H16F3NO3. The summed E-state index contributed by atoms with van der Waals surface area (Å²) in [6.07, 6.45) is 1.57. The number of fused-ring (bicyclic) bond motifs is 1. The van der Waals surface area contributed by atoms with Crippen LogP contribution in [0.4, 0.5) is 13.2 Å². The van der Waals surface area contributed by atoms with Crippen molar-refractivity contribution >= 4 is 5.91 Å². The van der Waals surface area contributed by atoms with E-state index < -0.39 is 18.4 Å². The molecule has 2 aliphatic rings. The third-order valence-electron chi connectivity index (χ3n) is 3.16. The minimum absolute atomic E-state index is 0.0993. The Morgan fingerprint density at radius 3 is 2.16 bits per heavy atom. The lowest BCUT2D eigenvalue weighted by atomic mass is 10.0. The van der Waals surface area contributed by atoms with Crippen molar-refractivity contribution in [2.24, 2.45) is 0 Å². The molecule has 1 heterocycles. The molecule has 0 spiro atoms. The normalized spacial score (nSPS) is 33.1. The summed E-state index contributed by atoms with van der Waals surface area (Å²) in [7, 11) is 0. The highest BCUT2D eigenvalue weighted by Crippen LogP contribution is 2.27. The van der Waals surface area contributed by atoms with Gasteiger partial charge in [-0.15, -0.1) is 0 Å². The zero-order valence-electron chi connectivity index (χ0n) is 10.3. The third kappa shape index (κ3) is 3.94. The van der Waals surface area contributed by atoms with E-state index in [0.29, 0.717) is 0 Å². The molecule has 1 saturated heterocycles. The molecule has 7 heteroatoms. The zero-order chi connectivity index (χ0) is 13.9. The first-order valence-electron chi connectivity index (χ1n) is 6.28. The van der Waals surface area contributed by atoms with E-state index in [4.69, 9.17) is 9.47 Å². The van der Waals surface area contributed by atoms with E-state index in [9.17, 15) is 18.0 Å². The van der Waals surface area contributed by atoms with E-state index in [1.807, 2.05) is 0 Å². The van der Waals surface area contributed by atoms with Gasteiger partial charge < -0.3 is 14.8 Å². The molecule has 1 aliphatic heterocycles. The van der Waals surface area contributed by atoms with E-state index in [-0.39, 0.29) is 18.8 Å². The lowest BCUT2D eigenvalue weighted by Gasteiger charge is -2.16. The van der Waals surface area contributed by atoms with Gasteiger partial charge in [0.15, 0.2) is 6.29 Å². The van der Waals surface area contributed by atoms with E-state index in [0.717, 1.165) is 25.7 Å². The second-order valence-corrected chi connectivity index (χ2v) is 4.61. The Bertz CT molecular complexity index is 339. The molecule has 1 amide bonds. The average molecular weight is 279 g/mol. The molecule has 4 nitrogen and oxygen atoms in total. The van der Waals surface area contributed by atoms with Crippen LogP contribution in [0.25, 0.3) is 0 Å². The van der Waals surface area contributed by atoms with Crippen LogP contribution in [-0.4, -0.2) is 37.1 Å². The summed E-state index contributed by atoms with van der Waals surface area (Å²) in [6.45, 7) is -0.279. The van der Waals surface area contributed by atoms with Crippen molar-refractivity contribution in [3.05, 3.63) is 12.2 Å². The summed E-state index contributed by atoms with van der Waals surface area (Å²) >= 11 is 0. The highest BCUT2D eigenvalue weighted by Gasteiger charge is 2.40. The summed E-state index contributed by atoms with van der Waals surface area (Å²) in [4.78, 5) is 10.7. The lowest BCUT2D eigenvalue weighted by molar-refractivity contribution is -0.175. The number of amides is 1. The second kappa shape index (κ2) is 5.92. The number of carbonyl (C=O) groups excluding carboxylic acids is 1. The molecule has 0 bridgehead atoms. The number of nitrogens with one attached hydrogen (secondary N) is 1. The maximum atomic E-state index is 12.0. The van der Waals surface area contributed by atoms with Gasteiger partial charge in [-0.3, -0.25) is 4.79 Å². The van der Waals surface area contributed by atoms with Crippen LogP contribution in [0.15, 0.2) is 12.2 Å². The summed E-state index contributed by atoms with van der Waals surface area (Å²) in [5.74, 6) is -1.97. The van der Waals surface area contributed by atoms with Crippen molar-refractivity contribution in [2.45, 2.75) is 50.4 Å². The summed E-state index contributed by atoms with van der Waals surface area (Å²) in [5, 5.41) is 1.78. The molecule has 0 radical (unpaired) electrons. The predicted octanol–water partition coefficient (Wildman–Crippen LogP) is 1.91. The number of alkyl halides is 3. The number of ether oxygens (including phenoxy) is 2. The van der Waals surface area contributed by atoms with Crippen LogP contribution in [0.1, 0.15) is 25.7 Å². The van der Waals surface area contributed by atoms with E-state index >= 15 is 0 Å². The Morgan fingerprint density at radius 1 is 1.16 bits per heavy atom. The molecule has 3 atom stereocenters. The van der Waals surface area contributed by atoms with Gasteiger partial charge in [0.25, 0.3) is 0 Å². The fourth-order valence-corrected chi connectivity index (χ4v) is 2.23. The van der Waals surface area contributed by atoms with Gasteiger partial charge in [0.1, 0.15) is 0 Å². The molecule has 108 valence electrons. The number of carbonyl (C=O) groups is 1. The van der Waals surface area contributed by atoms with Crippen molar-refractivity contribution in [1.82, 2.24) is 5.32 Å². The lowest BCUT2D eigenvalue weighted by Crippen LogP contribution is -2.41. The molecule has 1 N–H and O–H groups in total. The Balaban J connectivity index is 1.80. The van der Waals surface area contributed by atoms with Crippen molar-refractivity contribution < 1.29 is 27.4 Å². The molecule has 19 heavy (non-hydrogen) atoms. The number of allylic oxidation sites excluding steroid dienone is 2. The first-order valence-corrected chi connectivity index (χ1v) is 6.28. The van der Waals surface area contributed by atoms with Crippen LogP contribution in [0.2, 0.25) is 0 Å². The van der Waals surface area contributed by atoms with Gasteiger partial charge >= 0.3 is 12.1 Å². The average Bonchev–Trinajstić information content (AvgIpc) is 2.67. The molecule has 1 unspecified atom stereocenters. The minimum atomic E-state index is -4.87. The van der Waals surface area contributed by atoms with Gasteiger partial charge in [0, 0.05) is 0 Å². The Morgan fingerprint density at radius 2 is 1.68 bits per heavy atom. The Labute approximate surface area is 108 Å². The van der Waals surface area contributed by atoms with Gasteiger partial charge in [-0.1, -0.05) is 12.2 Å². The first kappa shape index (κ1) is 14.3. The number of rotatable bonds is 2. The Hall–Kier alpha value is -1.08. The highest BCUT2D eigenvalue weighted by atomic mass is 19.4. The molecular weight excluding hydrogens is 263 g/mol. The van der Waals surface area contributed by atoms with Crippen LogP contribution >= 0.6 is 0 Å². The predicted molar refractivity (Wildman–Crippen MR) is 60.2 cm³/mol. The summed E-state index contributed by atoms with van der Waals surface area (Å²) in [6, 6.07) is 0. The fraction of sp³-hybridized carbons (Fsp3) is 0.750. The minimum Gasteiger partial charge on any atom is -0.345 e. The quantitative estimate of drug-likeness (QED) is 0.785. The Kier molecular flexibility index (Phi) is 4.46. The maximum Gasteiger partial charge on any atom is 0.471 e. The maximum absolute atomic E-state index is 12.0. The van der Waals surface area contributed by atoms with Crippen LogP contribution in [-0.2, 0) is 14.3 Å². The molecule has 0 aromatic rings. The molecule has 1 aliphatic carbocycles. The number of halogens is 3. The molecule has 1 fully saturated rings. The molecule has 0 aromatic carbocycles. The molecule has 2 rings (SSSR count). The van der Waals surface area contributed by atoms with Crippen LogP contribution < -0.4 is 5.32 Å². The van der Waals surface area contributed by atoms with Crippen LogP contribution in [0.3, 0.4) is 0 Å². The van der Waals surface area contributed by atoms with E-state index in [1.165, 1.54) is 0 Å². The van der Waals surface area contributed by atoms with Crippen molar-refractivity contribution in [1.29, 1.82) is 0 Å². The topological polar surface area (TPSA) is 47.6 Å². The largest absolute Gasteiger partial charge is 0.471 e. The smallest absolute Gasteiger partial charge is 0.345 e. The monoisotopic (exact) mass is 279 g/mol. The van der Waals surface area contributed by atoms with Crippen LogP contribution in [0.5, 0.6) is 0 Å². The van der Waals surface area contributed by atoms with Gasteiger partial charge in [-0.25, -0.2) is 0 Å². The third-order valence-corrected chi connectivity index (χ3v) is 3.16. The van der Waals surface area contributed by atoms with Gasteiger partial charge in [0.05, 0.1) is 18.8 Å². The van der Waals surface area contributed by atoms with Gasteiger partial charge in [-0.2, -0.15) is 13.2 Å². The van der Waals surface area contributed by atoms with E-state index in [1.54, 1.807) is 5.32 Å². The van der Waals surface area contributed by atoms with E-state index in [2.05, 4.69) is 12.2 Å². The number of hydrogen-bond donors (Lipinski definition) is 1.